The number of imide groups is 1. The van der Waals surface area contributed by atoms with Crippen molar-refractivity contribution in [3.05, 3.63) is 18.3 Å². The molecule has 0 saturated carbocycles. The van der Waals surface area contributed by atoms with Crippen LogP contribution in [0.2, 0.25) is 0 Å². The molecule has 1 aliphatic heterocycles. The zero-order valence-corrected chi connectivity index (χ0v) is 10.2. The molecule has 2 N–H and O–H groups in total. The van der Waals surface area contributed by atoms with E-state index in [9.17, 15) is 9.59 Å². The van der Waals surface area contributed by atoms with E-state index in [1.807, 2.05) is 0 Å². The number of carbonyl (C=O) groups is 2. The Morgan fingerprint density at radius 3 is 2.82 bits per heavy atom. The van der Waals surface area contributed by atoms with Gasteiger partial charge in [0.1, 0.15) is 0 Å². The molecule has 2 heterocycles. The number of aromatic nitrogens is 1. The first kappa shape index (κ1) is 11.9. The molecule has 0 radical (unpaired) electrons. The van der Waals surface area contributed by atoms with E-state index in [1.54, 1.807) is 25.3 Å². The second-order valence-corrected chi connectivity index (χ2v) is 4.94. The summed E-state index contributed by atoms with van der Waals surface area (Å²) in [7, 11) is 0. The Labute approximate surface area is 103 Å². The van der Waals surface area contributed by atoms with E-state index in [0.717, 1.165) is 0 Å². The van der Waals surface area contributed by atoms with E-state index in [0.29, 0.717) is 17.3 Å². The van der Waals surface area contributed by atoms with E-state index in [1.165, 1.54) is 16.7 Å². The molecule has 2 amide bonds. The minimum atomic E-state index is -0.349. The summed E-state index contributed by atoms with van der Waals surface area (Å²) in [6.07, 6.45) is 1.80. The van der Waals surface area contributed by atoms with Gasteiger partial charge in [0.2, 0.25) is 11.8 Å². The highest BCUT2D eigenvalue weighted by molar-refractivity contribution is 8.00. The van der Waals surface area contributed by atoms with Gasteiger partial charge in [0.15, 0.2) is 0 Å². The topological polar surface area (TPSA) is 76.3 Å². The maximum atomic E-state index is 11.9. The van der Waals surface area contributed by atoms with Crippen LogP contribution in [0, 0.1) is 0 Å². The van der Waals surface area contributed by atoms with Crippen molar-refractivity contribution < 1.29 is 9.59 Å². The second kappa shape index (κ2) is 4.75. The third kappa shape index (κ3) is 2.41. The lowest BCUT2D eigenvalue weighted by atomic mass is 10.4. The first-order valence-corrected chi connectivity index (χ1v) is 6.22. The second-order valence-electron chi connectivity index (χ2n) is 3.72. The molecule has 90 valence electrons. The summed E-state index contributed by atoms with van der Waals surface area (Å²) in [5, 5.41) is 0.363. The zero-order valence-electron chi connectivity index (χ0n) is 9.42. The van der Waals surface area contributed by atoms with Gasteiger partial charge in [-0.1, -0.05) is 11.8 Å². The fraction of sp³-hybridized carbons (Fsp3) is 0.364. The van der Waals surface area contributed by atoms with Gasteiger partial charge in [-0.05, 0) is 19.1 Å². The van der Waals surface area contributed by atoms with Crippen molar-refractivity contribution in [3.8, 4) is 0 Å². The van der Waals surface area contributed by atoms with E-state index in [4.69, 9.17) is 5.73 Å². The normalized spacial score (nSPS) is 20.1. The van der Waals surface area contributed by atoms with E-state index in [-0.39, 0.29) is 23.5 Å². The molecule has 0 aliphatic carbocycles. The van der Waals surface area contributed by atoms with Gasteiger partial charge in [-0.15, -0.1) is 0 Å². The van der Waals surface area contributed by atoms with Crippen molar-refractivity contribution >= 4 is 29.3 Å². The average molecular weight is 251 g/mol. The lowest BCUT2D eigenvalue weighted by molar-refractivity contribution is -0.137. The van der Waals surface area contributed by atoms with Gasteiger partial charge in [0.25, 0.3) is 0 Å². The summed E-state index contributed by atoms with van der Waals surface area (Å²) in [6, 6.07) is 3.49. The van der Waals surface area contributed by atoms with Crippen LogP contribution in [-0.2, 0) is 9.59 Å². The number of nitrogens with zero attached hydrogens (tertiary/aromatic N) is 2. The smallest absolute Gasteiger partial charge is 0.243 e. The minimum absolute atomic E-state index is 0.106. The fourth-order valence-corrected chi connectivity index (χ4v) is 2.69. The predicted molar refractivity (Wildman–Crippen MR) is 65.3 cm³/mol. The molecule has 1 saturated heterocycles. The molecule has 6 heteroatoms. The van der Waals surface area contributed by atoms with E-state index >= 15 is 0 Å². The van der Waals surface area contributed by atoms with Crippen LogP contribution >= 0.6 is 11.8 Å². The Hall–Kier alpha value is -1.56. The first-order valence-electron chi connectivity index (χ1n) is 5.34. The molecule has 5 nitrogen and oxygen atoms in total. The number of anilines is 1. The molecular weight excluding hydrogens is 238 g/mol. The van der Waals surface area contributed by atoms with Crippen molar-refractivity contribution in [3.63, 3.8) is 0 Å². The Kier molecular flexibility index (Phi) is 3.33. The monoisotopic (exact) mass is 251 g/mol. The molecule has 1 fully saturated rings. The number of hydrogen-bond acceptors (Lipinski definition) is 5. The van der Waals surface area contributed by atoms with Crippen molar-refractivity contribution in [2.24, 2.45) is 0 Å². The quantitative estimate of drug-likeness (QED) is 0.808. The SMILES string of the molecule is CCN1C(=O)CC(Sc2ccc(N)cn2)C1=O. The Balaban J connectivity index is 2.08. The van der Waals surface area contributed by atoms with Gasteiger partial charge in [0, 0.05) is 13.0 Å². The molecule has 1 atom stereocenters. The van der Waals surface area contributed by atoms with Gasteiger partial charge >= 0.3 is 0 Å². The lowest BCUT2D eigenvalue weighted by Gasteiger charge is -2.11. The summed E-state index contributed by atoms with van der Waals surface area (Å²) in [4.78, 5) is 28.8. The molecule has 1 aromatic heterocycles. The van der Waals surface area contributed by atoms with Crippen LogP contribution in [0.4, 0.5) is 5.69 Å². The molecule has 1 unspecified atom stereocenters. The molecule has 1 aromatic rings. The summed E-state index contributed by atoms with van der Waals surface area (Å²) >= 11 is 1.31. The average Bonchev–Trinajstić information content (AvgIpc) is 2.57. The number of nitrogen functional groups attached to an aromatic ring is 1. The third-order valence-corrected chi connectivity index (χ3v) is 3.68. The van der Waals surface area contributed by atoms with Gasteiger partial charge in [0.05, 0.1) is 22.2 Å². The number of rotatable bonds is 3. The summed E-state index contributed by atoms with van der Waals surface area (Å²) < 4.78 is 0. The first-order chi connectivity index (χ1) is 8.11. The predicted octanol–water partition coefficient (Wildman–Crippen LogP) is 0.903. The molecule has 17 heavy (non-hydrogen) atoms. The number of thioether (sulfide) groups is 1. The number of nitrogens with two attached hydrogens (primary N) is 1. The van der Waals surface area contributed by atoms with Gasteiger partial charge in [-0.2, -0.15) is 0 Å². The van der Waals surface area contributed by atoms with Crippen LogP contribution in [0.3, 0.4) is 0 Å². The van der Waals surface area contributed by atoms with Gasteiger partial charge in [-0.25, -0.2) is 4.98 Å². The largest absolute Gasteiger partial charge is 0.397 e. The fourth-order valence-electron chi connectivity index (χ4n) is 1.68. The number of likely N-dealkylation sites (tertiary alicyclic amines) is 1. The Morgan fingerprint density at radius 1 is 1.53 bits per heavy atom. The molecule has 0 aromatic carbocycles. The minimum Gasteiger partial charge on any atom is -0.397 e. The highest BCUT2D eigenvalue weighted by atomic mass is 32.2. The van der Waals surface area contributed by atoms with Gasteiger partial charge < -0.3 is 5.73 Å². The van der Waals surface area contributed by atoms with Crippen molar-refractivity contribution in [1.29, 1.82) is 0 Å². The third-order valence-electron chi connectivity index (χ3n) is 2.54. The maximum absolute atomic E-state index is 11.9. The van der Waals surface area contributed by atoms with E-state index < -0.39 is 0 Å². The maximum Gasteiger partial charge on any atom is 0.243 e. The van der Waals surface area contributed by atoms with Crippen molar-refractivity contribution in [1.82, 2.24) is 9.88 Å². The summed E-state index contributed by atoms with van der Waals surface area (Å²) in [5.74, 6) is -0.230. The molecule has 2 rings (SSSR count). The highest BCUT2D eigenvalue weighted by Gasteiger charge is 2.38. The van der Waals surface area contributed by atoms with Crippen LogP contribution in [0.15, 0.2) is 23.4 Å². The van der Waals surface area contributed by atoms with Crippen molar-refractivity contribution in [2.45, 2.75) is 23.6 Å². The van der Waals surface area contributed by atoms with Crippen LogP contribution in [-0.4, -0.2) is 33.5 Å². The number of amides is 2. The van der Waals surface area contributed by atoms with E-state index in [2.05, 4.69) is 4.98 Å². The Morgan fingerprint density at radius 2 is 2.29 bits per heavy atom. The van der Waals surface area contributed by atoms with Crippen LogP contribution in [0.1, 0.15) is 13.3 Å². The summed E-state index contributed by atoms with van der Waals surface area (Å²) in [5.41, 5.74) is 6.11. The lowest BCUT2D eigenvalue weighted by Crippen LogP contribution is -2.30. The van der Waals surface area contributed by atoms with Crippen LogP contribution < -0.4 is 5.73 Å². The van der Waals surface area contributed by atoms with Gasteiger partial charge in [-0.3, -0.25) is 14.5 Å². The van der Waals surface area contributed by atoms with Crippen molar-refractivity contribution in [2.75, 3.05) is 12.3 Å². The number of pyridine rings is 1. The summed E-state index contributed by atoms with van der Waals surface area (Å²) in [6.45, 7) is 2.23. The number of carbonyl (C=O) groups excluding carboxylic acids is 2. The molecule has 0 bridgehead atoms. The zero-order chi connectivity index (χ0) is 12.4. The molecule has 0 spiro atoms. The molecule has 1 aliphatic rings. The van der Waals surface area contributed by atoms with Crippen LogP contribution in [0.25, 0.3) is 0 Å². The standard InChI is InChI=1S/C11H13N3O2S/c1-2-14-10(15)5-8(11(14)16)17-9-4-3-7(12)6-13-9/h3-4,6,8H,2,5,12H2,1H3. The Bertz CT molecular complexity index is 447. The van der Waals surface area contributed by atoms with Crippen LogP contribution in [0.5, 0.6) is 0 Å². The molecular formula is C11H13N3O2S. The highest BCUT2D eigenvalue weighted by Crippen LogP contribution is 2.30. The number of hydrogen-bond donors (Lipinski definition) is 1.